The minimum Gasteiger partial charge on any atom is -0.353 e. The maximum absolute atomic E-state index is 16.6. The number of alkyl halides is 2. The zero-order chi connectivity index (χ0) is 28.9. The molecule has 0 spiro atoms. The van der Waals surface area contributed by atoms with E-state index < -0.39 is 11.7 Å². The predicted octanol–water partition coefficient (Wildman–Crippen LogP) is 4.47. The van der Waals surface area contributed by atoms with Crippen molar-refractivity contribution in [1.29, 1.82) is 0 Å². The normalized spacial score (nSPS) is 17.2. The number of likely N-dealkylation sites (tertiary alicyclic amines) is 1. The molecule has 2 aromatic heterocycles. The molecule has 4 aromatic rings. The van der Waals surface area contributed by atoms with E-state index in [1.54, 1.807) is 22.1 Å². The molecule has 214 valence electrons. The van der Waals surface area contributed by atoms with E-state index in [0.717, 1.165) is 16.5 Å². The average Bonchev–Trinajstić information content (AvgIpc) is 3.42. The molecule has 0 unspecified atom stereocenters. The van der Waals surface area contributed by atoms with Gasteiger partial charge in [-0.2, -0.15) is 10.1 Å². The van der Waals surface area contributed by atoms with Crippen LogP contribution < -0.4 is 10.2 Å². The van der Waals surface area contributed by atoms with Gasteiger partial charge in [-0.1, -0.05) is 24.2 Å². The van der Waals surface area contributed by atoms with E-state index in [2.05, 4.69) is 27.1 Å². The van der Waals surface area contributed by atoms with E-state index in [0.29, 0.717) is 56.0 Å². The van der Waals surface area contributed by atoms with E-state index >= 15 is 4.39 Å². The number of nitrogens with one attached hydrogen (secondary N) is 2. The molecule has 2 aliphatic rings. The Bertz CT molecular complexity index is 1660. The van der Waals surface area contributed by atoms with Crippen molar-refractivity contribution in [2.75, 3.05) is 62.6 Å². The van der Waals surface area contributed by atoms with E-state index in [1.807, 2.05) is 24.0 Å². The van der Waals surface area contributed by atoms with Gasteiger partial charge in [-0.15, -0.1) is 0 Å². The highest BCUT2D eigenvalue weighted by atomic mass is 35.5. The molecule has 1 amide bonds. The summed E-state index contributed by atoms with van der Waals surface area (Å²) in [5.74, 6) is -2.76. The molecule has 2 aliphatic heterocycles. The number of piperazine rings is 1. The monoisotopic (exact) mass is 584 g/mol. The number of carbonyl (C=O) groups excluding carboxylic acids is 1. The van der Waals surface area contributed by atoms with Gasteiger partial charge in [0.1, 0.15) is 11.3 Å². The number of nitrogens with zero attached hydrogens (tertiary/aromatic N) is 6. The zero-order valence-corrected chi connectivity index (χ0v) is 23.1. The van der Waals surface area contributed by atoms with Crippen LogP contribution in [0.15, 0.2) is 37.1 Å². The van der Waals surface area contributed by atoms with Crippen LogP contribution in [0, 0.1) is 12.7 Å². The molecule has 2 fully saturated rings. The Labute approximate surface area is 239 Å². The summed E-state index contributed by atoms with van der Waals surface area (Å²) < 4.78 is 43.1. The molecule has 0 aliphatic carbocycles. The van der Waals surface area contributed by atoms with Crippen molar-refractivity contribution in [3.63, 3.8) is 0 Å². The largest absolute Gasteiger partial charge is 0.353 e. The molecule has 0 atom stereocenters. The first-order valence-corrected chi connectivity index (χ1v) is 13.7. The lowest BCUT2D eigenvalue weighted by atomic mass is 9.95. The molecule has 0 radical (unpaired) electrons. The predicted molar refractivity (Wildman–Crippen MR) is 153 cm³/mol. The van der Waals surface area contributed by atoms with E-state index in [1.165, 1.54) is 6.08 Å². The van der Waals surface area contributed by atoms with Gasteiger partial charge in [-0.05, 0) is 30.7 Å². The Kier molecular flexibility index (Phi) is 6.98. The van der Waals surface area contributed by atoms with Crippen LogP contribution in [0.1, 0.15) is 5.56 Å². The summed E-state index contributed by atoms with van der Waals surface area (Å²) in [4.78, 5) is 26.6. The molecule has 9 nitrogen and oxygen atoms in total. The van der Waals surface area contributed by atoms with Gasteiger partial charge in [-0.25, -0.2) is 18.2 Å². The number of benzene rings is 2. The molecular formula is C28H28ClF3N8O. The summed E-state index contributed by atoms with van der Waals surface area (Å²) in [5.41, 5.74) is 2.47. The van der Waals surface area contributed by atoms with Crippen molar-refractivity contribution in [3.8, 4) is 11.1 Å². The van der Waals surface area contributed by atoms with Crippen molar-refractivity contribution in [2.45, 2.75) is 12.8 Å². The van der Waals surface area contributed by atoms with Gasteiger partial charge in [0.05, 0.1) is 29.8 Å². The van der Waals surface area contributed by atoms with Crippen molar-refractivity contribution < 1.29 is 18.0 Å². The molecular weight excluding hydrogens is 557 g/mol. The van der Waals surface area contributed by atoms with Crippen LogP contribution >= 0.6 is 11.6 Å². The summed E-state index contributed by atoms with van der Waals surface area (Å²) in [6.45, 7) is 7.33. The van der Waals surface area contributed by atoms with E-state index in [9.17, 15) is 13.6 Å². The smallest absolute Gasteiger partial charge is 0.272 e. The van der Waals surface area contributed by atoms with Crippen molar-refractivity contribution in [3.05, 3.63) is 53.5 Å². The van der Waals surface area contributed by atoms with Gasteiger partial charge in [0, 0.05) is 61.2 Å². The number of hydrogen-bond acceptors (Lipinski definition) is 7. The minimum atomic E-state index is -2.66. The van der Waals surface area contributed by atoms with Gasteiger partial charge in [0.25, 0.3) is 5.92 Å². The van der Waals surface area contributed by atoms with Gasteiger partial charge in [0.15, 0.2) is 5.82 Å². The third-order valence-electron chi connectivity index (χ3n) is 7.63. The molecule has 0 bridgehead atoms. The molecule has 6 rings (SSSR count). The van der Waals surface area contributed by atoms with Gasteiger partial charge in [0.2, 0.25) is 11.9 Å². The Morgan fingerprint density at radius 1 is 1.17 bits per heavy atom. The summed E-state index contributed by atoms with van der Waals surface area (Å²) in [6.07, 6.45) is 2.92. The van der Waals surface area contributed by atoms with Crippen molar-refractivity contribution >= 4 is 51.1 Å². The fourth-order valence-electron chi connectivity index (χ4n) is 5.55. The molecule has 4 heterocycles. The third kappa shape index (κ3) is 5.06. The molecule has 13 heteroatoms. The summed E-state index contributed by atoms with van der Waals surface area (Å²) in [7, 11) is 0. The van der Waals surface area contributed by atoms with Crippen molar-refractivity contribution in [2.24, 2.45) is 0 Å². The first-order chi connectivity index (χ1) is 19.6. The van der Waals surface area contributed by atoms with Crippen LogP contribution in [0.25, 0.3) is 32.9 Å². The number of aromatic amines is 1. The third-order valence-corrected chi connectivity index (χ3v) is 7.93. The molecule has 41 heavy (non-hydrogen) atoms. The Morgan fingerprint density at radius 3 is 2.63 bits per heavy atom. The average molecular weight is 585 g/mol. The number of amides is 1. The number of hydrogen-bond donors (Lipinski definition) is 2. The molecule has 0 saturated carbocycles. The standard InChI is InChI=1S/C28H28ClF3N8O/c1-3-21(41)39-8-10-40(11-9-39)26-17-12-19(29)23(22-16(2)4-5-20-18(22)13-34-37-20)24(30)25(17)35-27(36-26)33-6-7-38-14-28(31,32)15-38/h3-5,12-13H,1,6-11,14-15H2,2H3,(H,34,37)(H,33,35,36). The van der Waals surface area contributed by atoms with Crippen LogP contribution in [-0.2, 0) is 4.79 Å². The Hall–Kier alpha value is -3.90. The number of carbonyl (C=O) groups is 1. The number of halogens is 4. The number of rotatable bonds is 7. The topological polar surface area (TPSA) is 93.3 Å². The summed E-state index contributed by atoms with van der Waals surface area (Å²) in [5, 5.41) is 11.5. The number of H-pyrrole nitrogens is 1. The van der Waals surface area contributed by atoms with Gasteiger partial charge >= 0.3 is 0 Å². The fraction of sp³-hybridized carbons (Fsp3) is 0.357. The highest BCUT2D eigenvalue weighted by molar-refractivity contribution is 6.35. The Balaban J connectivity index is 1.41. The zero-order valence-electron chi connectivity index (χ0n) is 22.4. The first kappa shape index (κ1) is 27.3. The second-order valence-corrected chi connectivity index (χ2v) is 10.8. The lowest BCUT2D eigenvalue weighted by molar-refractivity contribution is -0.128. The van der Waals surface area contributed by atoms with Gasteiger partial charge in [-0.3, -0.25) is 14.8 Å². The summed E-state index contributed by atoms with van der Waals surface area (Å²) in [6, 6.07) is 5.43. The number of fused-ring (bicyclic) bond motifs is 2. The van der Waals surface area contributed by atoms with Crippen LogP contribution in [0.5, 0.6) is 0 Å². The number of aryl methyl sites for hydroxylation is 1. The SMILES string of the molecule is C=CC(=O)N1CCN(c2nc(NCCN3CC(F)(F)C3)nc3c(F)c(-c4c(C)ccc5[nH]ncc45)c(Cl)cc23)CC1. The maximum Gasteiger partial charge on any atom is 0.272 e. The summed E-state index contributed by atoms with van der Waals surface area (Å²) >= 11 is 6.79. The maximum atomic E-state index is 16.6. The minimum absolute atomic E-state index is 0.0804. The Morgan fingerprint density at radius 2 is 1.93 bits per heavy atom. The molecule has 2 saturated heterocycles. The van der Waals surface area contributed by atoms with E-state index in [-0.39, 0.29) is 41.0 Å². The highest BCUT2D eigenvalue weighted by Gasteiger charge is 2.43. The highest BCUT2D eigenvalue weighted by Crippen LogP contribution is 2.42. The molecule has 2 N–H and O–H groups in total. The molecule has 2 aromatic carbocycles. The fourth-order valence-corrected chi connectivity index (χ4v) is 5.83. The lowest BCUT2D eigenvalue weighted by Crippen LogP contribution is -2.57. The quantitative estimate of drug-likeness (QED) is 0.310. The van der Waals surface area contributed by atoms with Crippen LogP contribution in [0.2, 0.25) is 5.02 Å². The van der Waals surface area contributed by atoms with Crippen molar-refractivity contribution in [1.82, 2.24) is 30.0 Å². The number of anilines is 2. The number of aromatic nitrogens is 4. The van der Waals surface area contributed by atoms with Crippen LogP contribution in [-0.4, -0.2) is 94.2 Å². The lowest BCUT2D eigenvalue weighted by Gasteiger charge is -2.38. The van der Waals surface area contributed by atoms with Crippen LogP contribution in [0.4, 0.5) is 24.9 Å². The first-order valence-electron chi connectivity index (χ1n) is 13.3. The van der Waals surface area contributed by atoms with Crippen LogP contribution in [0.3, 0.4) is 0 Å². The van der Waals surface area contributed by atoms with E-state index in [4.69, 9.17) is 16.6 Å². The second kappa shape index (κ2) is 10.5. The second-order valence-electron chi connectivity index (χ2n) is 10.4. The van der Waals surface area contributed by atoms with Gasteiger partial charge < -0.3 is 15.1 Å².